The van der Waals surface area contributed by atoms with E-state index in [1.807, 2.05) is 20.2 Å². The van der Waals surface area contributed by atoms with Crippen molar-refractivity contribution in [2.75, 3.05) is 7.05 Å². The molecule has 0 radical (unpaired) electrons. The predicted octanol–water partition coefficient (Wildman–Crippen LogP) is 2.02. The molecule has 0 saturated carbocycles. The van der Waals surface area contributed by atoms with Crippen molar-refractivity contribution in [1.29, 1.82) is 0 Å². The van der Waals surface area contributed by atoms with Crippen molar-refractivity contribution in [3.63, 3.8) is 0 Å². The number of amides is 1. The monoisotopic (exact) mass is 315 g/mol. The molecule has 1 aromatic heterocycles. The number of aromatic carboxylic acids is 1. The van der Waals surface area contributed by atoms with Crippen LogP contribution in [-0.2, 0) is 24.8 Å². The van der Waals surface area contributed by atoms with Gasteiger partial charge < -0.3 is 10.0 Å². The molecule has 1 aromatic carbocycles. The number of carbonyl (C=O) groups is 2. The number of carboxylic acids is 1. The summed E-state index contributed by atoms with van der Waals surface area (Å²) in [5.74, 6) is -0.900. The van der Waals surface area contributed by atoms with E-state index < -0.39 is 5.97 Å². The first-order valence-electron chi connectivity index (χ1n) is 7.42. The molecule has 2 rings (SSSR count). The summed E-state index contributed by atoms with van der Waals surface area (Å²) in [6, 6.07) is 6.57. The molecule has 0 bridgehead atoms. The summed E-state index contributed by atoms with van der Waals surface area (Å²) in [4.78, 5) is 24.7. The van der Waals surface area contributed by atoms with Gasteiger partial charge in [-0.15, -0.1) is 0 Å². The highest BCUT2D eigenvalue weighted by Crippen LogP contribution is 2.11. The largest absolute Gasteiger partial charge is 0.478 e. The van der Waals surface area contributed by atoms with Gasteiger partial charge in [-0.2, -0.15) is 5.10 Å². The van der Waals surface area contributed by atoms with E-state index in [2.05, 4.69) is 5.10 Å². The van der Waals surface area contributed by atoms with Gasteiger partial charge in [-0.05, 0) is 36.6 Å². The van der Waals surface area contributed by atoms with Crippen molar-refractivity contribution in [3.05, 3.63) is 52.8 Å². The summed E-state index contributed by atoms with van der Waals surface area (Å²) in [7, 11) is 3.62. The third-order valence-corrected chi connectivity index (χ3v) is 3.77. The molecule has 0 atom stereocenters. The molecule has 0 fully saturated rings. The van der Waals surface area contributed by atoms with Gasteiger partial charge in [0.05, 0.1) is 11.3 Å². The molecular formula is C17H21N3O3. The van der Waals surface area contributed by atoms with E-state index in [0.717, 1.165) is 16.8 Å². The maximum Gasteiger partial charge on any atom is 0.335 e. The Morgan fingerprint density at radius 2 is 1.91 bits per heavy atom. The van der Waals surface area contributed by atoms with Crippen LogP contribution < -0.4 is 0 Å². The minimum absolute atomic E-state index is 0.0514. The summed E-state index contributed by atoms with van der Waals surface area (Å²) in [5, 5.41) is 13.1. The Labute approximate surface area is 135 Å². The SMILES string of the molecule is Cc1nn(C)cc1CCC(=O)N(C)Cc1ccc(C(=O)O)cc1. The molecular weight excluding hydrogens is 294 g/mol. The lowest BCUT2D eigenvalue weighted by Crippen LogP contribution is -2.26. The third-order valence-electron chi connectivity index (χ3n) is 3.77. The standard InChI is InChI=1S/C17H21N3O3/c1-12-15(11-20(3)18-12)8-9-16(21)19(2)10-13-4-6-14(7-5-13)17(22)23/h4-7,11H,8-10H2,1-3H3,(H,22,23). The van der Waals surface area contributed by atoms with Crippen LogP contribution in [0.4, 0.5) is 0 Å². The van der Waals surface area contributed by atoms with Gasteiger partial charge in [0.25, 0.3) is 0 Å². The number of hydrogen-bond donors (Lipinski definition) is 1. The zero-order valence-electron chi connectivity index (χ0n) is 13.6. The minimum Gasteiger partial charge on any atom is -0.478 e. The van der Waals surface area contributed by atoms with E-state index in [0.29, 0.717) is 19.4 Å². The molecule has 122 valence electrons. The fourth-order valence-electron chi connectivity index (χ4n) is 2.44. The molecule has 0 saturated heterocycles. The Morgan fingerprint density at radius 1 is 1.26 bits per heavy atom. The first kappa shape index (κ1) is 16.7. The fraction of sp³-hybridized carbons (Fsp3) is 0.353. The number of rotatable bonds is 6. The Hall–Kier alpha value is -2.63. The summed E-state index contributed by atoms with van der Waals surface area (Å²) in [6.45, 7) is 2.40. The second-order valence-corrected chi connectivity index (χ2v) is 5.67. The Morgan fingerprint density at radius 3 is 2.43 bits per heavy atom. The second-order valence-electron chi connectivity index (χ2n) is 5.67. The second kappa shape index (κ2) is 7.09. The van der Waals surface area contributed by atoms with Crippen LogP contribution in [0.2, 0.25) is 0 Å². The number of aryl methyl sites for hydroxylation is 3. The summed E-state index contributed by atoms with van der Waals surface area (Å²) in [5.41, 5.74) is 3.19. The van der Waals surface area contributed by atoms with Crippen molar-refractivity contribution in [3.8, 4) is 0 Å². The Balaban J connectivity index is 1.89. The molecule has 0 aliphatic carbocycles. The predicted molar refractivity (Wildman–Crippen MR) is 86.1 cm³/mol. The molecule has 23 heavy (non-hydrogen) atoms. The highest BCUT2D eigenvalue weighted by atomic mass is 16.4. The Bertz CT molecular complexity index is 704. The lowest BCUT2D eigenvalue weighted by molar-refractivity contribution is -0.130. The van der Waals surface area contributed by atoms with Crippen molar-refractivity contribution in [2.45, 2.75) is 26.3 Å². The van der Waals surface area contributed by atoms with E-state index in [9.17, 15) is 9.59 Å². The fourth-order valence-corrected chi connectivity index (χ4v) is 2.44. The number of benzene rings is 1. The first-order valence-corrected chi connectivity index (χ1v) is 7.42. The Kier molecular flexibility index (Phi) is 5.16. The molecule has 2 aromatic rings. The van der Waals surface area contributed by atoms with Gasteiger partial charge in [-0.1, -0.05) is 12.1 Å². The molecule has 1 N–H and O–H groups in total. The van der Waals surface area contributed by atoms with E-state index in [-0.39, 0.29) is 11.5 Å². The van der Waals surface area contributed by atoms with Crippen LogP contribution in [0.25, 0.3) is 0 Å². The molecule has 1 amide bonds. The minimum atomic E-state index is -0.951. The van der Waals surface area contributed by atoms with E-state index >= 15 is 0 Å². The molecule has 6 nitrogen and oxygen atoms in total. The number of hydrogen-bond acceptors (Lipinski definition) is 3. The maximum absolute atomic E-state index is 12.2. The van der Waals surface area contributed by atoms with Crippen LogP contribution in [0.5, 0.6) is 0 Å². The summed E-state index contributed by atoms with van der Waals surface area (Å²) >= 11 is 0. The van der Waals surface area contributed by atoms with Gasteiger partial charge in [0, 0.05) is 33.3 Å². The molecule has 6 heteroatoms. The van der Waals surface area contributed by atoms with Gasteiger partial charge in [0.2, 0.25) is 5.91 Å². The maximum atomic E-state index is 12.2. The topological polar surface area (TPSA) is 75.4 Å². The van der Waals surface area contributed by atoms with Gasteiger partial charge >= 0.3 is 5.97 Å². The number of aromatic nitrogens is 2. The quantitative estimate of drug-likeness (QED) is 0.885. The number of carbonyl (C=O) groups excluding carboxylic acids is 1. The van der Waals surface area contributed by atoms with Gasteiger partial charge in [-0.3, -0.25) is 9.48 Å². The van der Waals surface area contributed by atoms with Crippen LogP contribution in [-0.4, -0.2) is 38.7 Å². The molecule has 0 aliphatic heterocycles. The third kappa shape index (κ3) is 4.42. The van der Waals surface area contributed by atoms with Crippen molar-refractivity contribution < 1.29 is 14.7 Å². The molecule has 0 aliphatic rings. The lowest BCUT2D eigenvalue weighted by atomic mass is 10.1. The highest BCUT2D eigenvalue weighted by Gasteiger charge is 2.12. The van der Waals surface area contributed by atoms with Crippen molar-refractivity contribution >= 4 is 11.9 Å². The van der Waals surface area contributed by atoms with Crippen LogP contribution in [0.1, 0.15) is 33.6 Å². The summed E-state index contributed by atoms with van der Waals surface area (Å²) < 4.78 is 1.75. The zero-order valence-corrected chi connectivity index (χ0v) is 13.6. The molecule has 0 spiro atoms. The van der Waals surface area contributed by atoms with Crippen LogP contribution in [0.3, 0.4) is 0 Å². The van der Waals surface area contributed by atoms with E-state index in [1.165, 1.54) is 0 Å². The normalized spacial score (nSPS) is 10.6. The lowest BCUT2D eigenvalue weighted by Gasteiger charge is -2.17. The van der Waals surface area contributed by atoms with Gasteiger partial charge in [-0.25, -0.2) is 4.79 Å². The van der Waals surface area contributed by atoms with Crippen LogP contribution >= 0.6 is 0 Å². The molecule has 1 heterocycles. The first-order chi connectivity index (χ1) is 10.9. The highest BCUT2D eigenvalue weighted by molar-refractivity contribution is 5.87. The van der Waals surface area contributed by atoms with E-state index in [4.69, 9.17) is 5.11 Å². The van der Waals surface area contributed by atoms with Crippen LogP contribution in [0.15, 0.2) is 30.5 Å². The number of nitrogens with zero attached hydrogens (tertiary/aromatic N) is 3. The zero-order chi connectivity index (χ0) is 17.0. The van der Waals surface area contributed by atoms with E-state index in [1.54, 1.807) is 40.9 Å². The van der Waals surface area contributed by atoms with Crippen molar-refractivity contribution in [1.82, 2.24) is 14.7 Å². The number of carboxylic acid groups (broad SMARTS) is 1. The van der Waals surface area contributed by atoms with Crippen molar-refractivity contribution in [2.24, 2.45) is 7.05 Å². The van der Waals surface area contributed by atoms with Gasteiger partial charge in [0.15, 0.2) is 0 Å². The van der Waals surface area contributed by atoms with Gasteiger partial charge in [0.1, 0.15) is 0 Å². The molecule has 0 unspecified atom stereocenters. The smallest absolute Gasteiger partial charge is 0.335 e. The summed E-state index contributed by atoms with van der Waals surface area (Å²) in [6.07, 6.45) is 3.03. The average Bonchev–Trinajstić information content (AvgIpc) is 2.83. The van der Waals surface area contributed by atoms with Crippen LogP contribution in [0, 0.1) is 6.92 Å². The average molecular weight is 315 g/mol.